The largest absolute Gasteiger partial charge is 0.477 e. The molecule has 116 valence electrons. The summed E-state index contributed by atoms with van der Waals surface area (Å²) < 4.78 is 0. The number of nitrogens with one attached hydrogen (secondary N) is 1. The Morgan fingerprint density at radius 1 is 1.48 bits per heavy atom. The van der Waals surface area contributed by atoms with Crippen LogP contribution < -0.4 is 5.32 Å². The average molecular weight is 312 g/mol. The minimum atomic E-state index is -1.05. The number of carbonyl (C=O) groups is 3. The number of carboxylic acids is 1. The van der Waals surface area contributed by atoms with Crippen LogP contribution in [0.15, 0.2) is 10.6 Å². The number of hydrogen-bond acceptors (Lipinski definition) is 4. The third-order valence-corrected chi connectivity index (χ3v) is 4.96. The first-order chi connectivity index (χ1) is 9.84. The summed E-state index contributed by atoms with van der Waals surface area (Å²) in [4.78, 5) is 36.5. The predicted molar refractivity (Wildman–Crippen MR) is 79.4 cm³/mol. The molecule has 6 nitrogen and oxygen atoms in total. The molecule has 0 aromatic carbocycles. The molecular formula is C14H20N2O4S. The molecule has 0 aromatic rings. The minimum Gasteiger partial charge on any atom is -0.477 e. The van der Waals surface area contributed by atoms with Crippen LogP contribution in [0.3, 0.4) is 0 Å². The molecule has 0 aromatic heterocycles. The van der Waals surface area contributed by atoms with Gasteiger partial charge in [0.15, 0.2) is 0 Å². The smallest absolute Gasteiger partial charge is 0.353 e. The monoisotopic (exact) mass is 312 g/mol. The second-order valence-corrected chi connectivity index (χ2v) is 6.85. The highest BCUT2D eigenvalue weighted by molar-refractivity contribution is 8.03. The van der Waals surface area contributed by atoms with E-state index in [-0.39, 0.29) is 35.4 Å². The van der Waals surface area contributed by atoms with Gasteiger partial charge in [-0.15, -0.1) is 11.8 Å². The van der Waals surface area contributed by atoms with E-state index in [0.29, 0.717) is 18.7 Å². The van der Waals surface area contributed by atoms with Crippen molar-refractivity contribution in [2.75, 3.05) is 12.3 Å². The molecular weight excluding hydrogens is 292 g/mol. The average Bonchev–Trinajstić information content (AvgIpc) is 2.68. The molecule has 7 heteroatoms. The van der Waals surface area contributed by atoms with Gasteiger partial charge in [-0.2, -0.15) is 0 Å². The highest BCUT2D eigenvalue weighted by Crippen LogP contribution is 2.48. The minimum absolute atomic E-state index is 0.00753. The Morgan fingerprint density at radius 2 is 2.14 bits per heavy atom. The van der Waals surface area contributed by atoms with Gasteiger partial charge < -0.3 is 15.3 Å². The van der Waals surface area contributed by atoms with Gasteiger partial charge >= 0.3 is 5.97 Å². The maximum absolute atomic E-state index is 12.1. The second kappa shape index (κ2) is 6.09. The van der Waals surface area contributed by atoms with E-state index in [1.54, 1.807) is 0 Å². The number of hydrogen-bond donors (Lipinski definition) is 2. The third kappa shape index (κ3) is 2.92. The number of aliphatic carboxylic acids is 1. The number of rotatable bonds is 6. The summed E-state index contributed by atoms with van der Waals surface area (Å²) in [5.41, 5.74) is 0.134. The van der Waals surface area contributed by atoms with Gasteiger partial charge in [0.05, 0.1) is 12.0 Å². The summed E-state index contributed by atoms with van der Waals surface area (Å²) in [5.74, 6) is -0.481. The van der Waals surface area contributed by atoms with E-state index < -0.39 is 5.97 Å². The summed E-state index contributed by atoms with van der Waals surface area (Å²) in [6.07, 6.45) is 0.612. The van der Waals surface area contributed by atoms with E-state index >= 15 is 0 Å². The fourth-order valence-electron chi connectivity index (χ4n) is 2.96. The number of thioether (sulfide) groups is 1. The van der Waals surface area contributed by atoms with Gasteiger partial charge in [0.25, 0.3) is 0 Å². The van der Waals surface area contributed by atoms with Crippen molar-refractivity contribution in [2.24, 2.45) is 11.8 Å². The number of β-lactam (4-membered cyclic amide) rings is 1. The molecule has 0 radical (unpaired) electrons. The fourth-order valence-corrected chi connectivity index (χ4v) is 4.02. The third-order valence-electron chi connectivity index (χ3n) is 3.84. The Bertz CT molecular complexity index is 515. The molecule has 2 heterocycles. The quantitative estimate of drug-likeness (QED) is 0.565. The molecule has 2 aliphatic rings. The molecule has 2 amide bonds. The summed E-state index contributed by atoms with van der Waals surface area (Å²) in [6, 6.07) is -0.00753. The Kier molecular flexibility index (Phi) is 4.61. The van der Waals surface area contributed by atoms with Crippen LogP contribution in [0.2, 0.25) is 0 Å². The lowest BCUT2D eigenvalue weighted by Crippen LogP contribution is -2.60. The first-order valence-corrected chi connectivity index (χ1v) is 8.00. The Morgan fingerprint density at radius 3 is 2.67 bits per heavy atom. The number of carbonyl (C=O) groups excluding carboxylic acids is 2. The molecule has 2 rings (SSSR count). The van der Waals surface area contributed by atoms with E-state index in [4.69, 9.17) is 0 Å². The zero-order valence-electron chi connectivity index (χ0n) is 12.4. The van der Waals surface area contributed by atoms with Gasteiger partial charge in [-0.25, -0.2) is 4.79 Å². The van der Waals surface area contributed by atoms with Crippen molar-refractivity contribution in [3.8, 4) is 0 Å². The number of amides is 2. The predicted octanol–water partition coefficient (Wildman–Crippen LogP) is 1.04. The lowest BCUT2D eigenvalue weighted by Gasteiger charge is -2.45. The number of nitrogens with zero attached hydrogens (tertiary/aromatic N) is 1. The van der Waals surface area contributed by atoms with Crippen LogP contribution >= 0.6 is 11.8 Å². The molecule has 1 unspecified atom stereocenters. The van der Waals surface area contributed by atoms with Crippen molar-refractivity contribution in [3.05, 3.63) is 10.6 Å². The maximum atomic E-state index is 12.1. The summed E-state index contributed by atoms with van der Waals surface area (Å²) in [5, 5.41) is 12.0. The molecule has 2 aliphatic heterocycles. The van der Waals surface area contributed by atoms with Crippen LogP contribution in [0.25, 0.3) is 0 Å². The van der Waals surface area contributed by atoms with Crippen LogP contribution in [-0.2, 0) is 14.4 Å². The molecule has 0 bridgehead atoms. The number of carboxylic acid groups (broad SMARTS) is 1. The lowest BCUT2D eigenvalue weighted by molar-refractivity contribution is -0.157. The maximum Gasteiger partial charge on any atom is 0.353 e. The SMILES string of the molecule is CC(=O)NCCSC1=C(C(=O)O)N2C(=O)[C@H](C(C)C)C2C1. The van der Waals surface area contributed by atoms with Crippen molar-refractivity contribution in [1.82, 2.24) is 10.2 Å². The molecule has 0 saturated carbocycles. The first-order valence-electron chi connectivity index (χ1n) is 7.01. The van der Waals surface area contributed by atoms with Gasteiger partial charge in [0, 0.05) is 30.5 Å². The lowest BCUT2D eigenvalue weighted by atomic mass is 9.79. The van der Waals surface area contributed by atoms with Crippen molar-refractivity contribution < 1.29 is 19.5 Å². The van der Waals surface area contributed by atoms with Crippen molar-refractivity contribution in [1.29, 1.82) is 0 Å². The van der Waals surface area contributed by atoms with E-state index in [1.165, 1.54) is 23.6 Å². The van der Waals surface area contributed by atoms with E-state index in [9.17, 15) is 19.5 Å². The van der Waals surface area contributed by atoms with Crippen molar-refractivity contribution in [3.63, 3.8) is 0 Å². The molecule has 1 fully saturated rings. The van der Waals surface area contributed by atoms with E-state index in [0.717, 1.165) is 4.91 Å². The fraction of sp³-hybridized carbons (Fsp3) is 0.643. The summed E-state index contributed by atoms with van der Waals surface area (Å²) >= 11 is 1.42. The van der Waals surface area contributed by atoms with Gasteiger partial charge in [0.1, 0.15) is 5.70 Å². The topological polar surface area (TPSA) is 86.7 Å². The zero-order chi connectivity index (χ0) is 15.7. The molecule has 0 aliphatic carbocycles. The van der Waals surface area contributed by atoms with Gasteiger partial charge in [0.2, 0.25) is 11.8 Å². The van der Waals surface area contributed by atoms with Crippen molar-refractivity contribution in [2.45, 2.75) is 33.2 Å². The van der Waals surface area contributed by atoms with Crippen LogP contribution in [0, 0.1) is 11.8 Å². The van der Waals surface area contributed by atoms with Gasteiger partial charge in [-0.3, -0.25) is 9.59 Å². The van der Waals surface area contributed by atoms with Gasteiger partial charge in [-0.1, -0.05) is 13.8 Å². The molecule has 21 heavy (non-hydrogen) atoms. The molecule has 2 atom stereocenters. The Hall–Kier alpha value is -1.50. The van der Waals surface area contributed by atoms with Crippen LogP contribution in [0.1, 0.15) is 27.2 Å². The Balaban J connectivity index is 2.04. The summed E-state index contributed by atoms with van der Waals surface area (Å²) in [6.45, 7) is 5.91. The standard InChI is InChI=1S/C14H20N2O4S/c1-7(2)11-9-6-10(21-5-4-15-8(3)17)12(14(19)20)16(9)13(11)18/h7,9,11H,4-6H2,1-3H3,(H,15,17)(H,19,20)/t9?,11-/m1/s1. The van der Waals surface area contributed by atoms with Crippen LogP contribution in [0.5, 0.6) is 0 Å². The van der Waals surface area contributed by atoms with Crippen LogP contribution in [0.4, 0.5) is 0 Å². The zero-order valence-corrected chi connectivity index (χ0v) is 13.2. The van der Waals surface area contributed by atoms with Crippen LogP contribution in [-0.4, -0.2) is 46.1 Å². The molecule has 1 saturated heterocycles. The number of fused-ring (bicyclic) bond motifs is 1. The highest BCUT2D eigenvalue weighted by Gasteiger charge is 2.55. The van der Waals surface area contributed by atoms with E-state index in [2.05, 4.69) is 5.32 Å². The molecule has 0 spiro atoms. The van der Waals surface area contributed by atoms with Gasteiger partial charge in [-0.05, 0) is 5.92 Å². The summed E-state index contributed by atoms with van der Waals surface area (Å²) in [7, 11) is 0. The normalized spacial score (nSPS) is 24.2. The van der Waals surface area contributed by atoms with Crippen molar-refractivity contribution >= 4 is 29.5 Å². The second-order valence-electron chi connectivity index (χ2n) is 5.66. The molecule has 2 N–H and O–H groups in total. The Labute approximate surface area is 127 Å². The van der Waals surface area contributed by atoms with E-state index in [1.807, 2.05) is 13.8 Å². The highest BCUT2D eigenvalue weighted by atomic mass is 32.2. The first kappa shape index (κ1) is 15.9.